The van der Waals surface area contributed by atoms with E-state index < -0.39 is 5.82 Å². The number of hydrogen-bond donors (Lipinski definition) is 1. The molecule has 1 rings (SSSR count). The summed E-state index contributed by atoms with van der Waals surface area (Å²) in [6, 6.07) is 2.73. The molecule has 0 bridgehead atoms. The second-order valence-electron chi connectivity index (χ2n) is 3.59. The summed E-state index contributed by atoms with van der Waals surface area (Å²) in [6.45, 7) is 6.14. The zero-order valence-corrected chi connectivity index (χ0v) is 9.92. The van der Waals surface area contributed by atoms with Gasteiger partial charge >= 0.3 is 0 Å². The van der Waals surface area contributed by atoms with E-state index in [-0.39, 0.29) is 11.9 Å². The normalized spacial score (nSPS) is 12.2. The molecule has 0 heterocycles. The lowest BCUT2D eigenvalue weighted by molar-refractivity contribution is 0.216. The van der Waals surface area contributed by atoms with E-state index in [1.165, 1.54) is 12.1 Å². The molecule has 3 nitrogen and oxygen atoms in total. The predicted molar refractivity (Wildman–Crippen MR) is 62.4 cm³/mol. The first-order chi connectivity index (χ1) is 7.58. The quantitative estimate of drug-likeness (QED) is 0.786. The Labute approximate surface area is 95.4 Å². The van der Waals surface area contributed by atoms with Gasteiger partial charge in [-0.25, -0.2) is 4.39 Å². The maximum atomic E-state index is 13.4. The Bertz CT molecular complexity index is 355. The molecule has 90 valence electrons. The molecular weight excluding hydrogens is 209 g/mol. The molecule has 0 aromatic heterocycles. The maximum Gasteiger partial charge on any atom is 0.167 e. The van der Waals surface area contributed by atoms with Crippen molar-refractivity contribution in [2.75, 3.05) is 12.3 Å². The fourth-order valence-electron chi connectivity index (χ4n) is 1.22. The highest BCUT2D eigenvalue weighted by molar-refractivity contribution is 5.56. The third-order valence-corrected chi connectivity index (χ3v) is 2.27. The molecule has 0 radical (unpaired) electrons. The largest absolute Gasteiger partial charge is 0.491 e. The minimum absolute atomic E-state index is 0.0437. The average Bonchev–Trinajstić information content (AvgIpc) is 2.25. The van der Waals surface area contributed by atoms with Crippen LogP contribution in [0.4, 0.5) is 10.1 Å². The lowest BCUT2D eigenvalue weighted by atomic mass is 10.2. The molecule has 0 fully saturated rings. The molecule has 0 aliphatic rings. The van der Waals surface area contributed by atoms with Crippen LogP contribution in [-0.2, 0) is 0 Å². The van der Waals surface area contributed by atoms with Crippen LogP contribution in [0.25, 0.3) is 0 Å². The number of nitrogens with two attached hydrogens (primary N) is 1. The maximum absolute atomic E-state index is 13.4. The van der Waals surface area contributed by atoms with E-state index in [1.54, 1.807) is 6.92 Å². The van der Waals surface area contributed by atoms with Crippen LogP contribution in [0.3, 0.4) is 0 Å². The standard InChI is InChI=1S/C12H18FNO2/c1-4-8(3)16-12-7-11(15-5-2)9(13)6-10(12)14/h6-8H,4-5,14H2,1-3H3. The van der Waals surface area contributed by atoms with Crippen molar-refractivity contribution in [3.05, 3.63) is 17.9 Å². The van der Waals surface area contributed by atoms with Gasteiger partial charge < -0.3 is 15.2 Å². The van der Waals surface area contributed by atoms with Crippen molar-refractivity contribution in [1.82, 2.24) is 0 Å². The van der Waals surface area contributed by atoms with E-state index >= 15 is 0 Å². The monoisotopic (exact) mass is 227 g/mol. The topological polar surface area (TPSA) is 44.5 Å². The van der Waals surface area contributed by atoms with Crippen LogP contribution in [0.1, 0.15) is 27.2 Å². The van der Waals surface area contributed by atoms with Crippen LogP contribution in [0.5, 0.6) is 11.5 Å². The summed E-state index contributed by atoms with van der Waals surface area (Å²) in [6.07, 6.45) is 0.906. The molecule has 1 aromatic rings. The van der Waals surface area contributed by atoms with E-state index in [4.69, 9.17) is 15.2 Å². The molecule has 0 spiro atoms. The fourth-order valence-corrected chi connectivity index (χ4v) is 1.22. The molecule has 0 saturated carbocycles. The van der Waals surface area contributed by atoms with Gasteiger partial charge in [0.1, 0.15) is 5.75 Å². The van der Waals surface area contributed by atoms with Gasteiger partial charge in [0.25, 0.3) is 0 Å². The zero-order valence-electron chi connectivity index (χ0n) is 9.92. The molecule has 4 heteroatoms. The number of ether oxygens (including phenoxy) is 2. The smallest absolute Gasteiger partial charge is 0.167 e. The number of halogens is 1. The van der Waals surface area contributed by atoms with Gasteiger partial charge in [0.05, 0.1) is 18.4 Å². The van der Waals surface area contributed by atoms with E-state index in [0.717, 1.165) is 6.42 Å². The first kappa shape index (κ1) is 12.6. The summed E-state index contributed by atoms with van der Waals surface area (Å²) >= 11 is 0. The average molecular weight is 227 g/mol. The van der Waals surface area contributed by atoms with Crippen molar-refractivity contribution < 1.29 is 13.9 Å². The lowest BCUT2D eigenvalue weighted by Crippen LogP contribution is -2.11. The van der Waals surface area contributed by atoms with E-state index in [0.29, 0.717) is 18.0 Å². The second-order valence-corrected chi connectivity index (χ2v) is 3.59. The summed E-state index contributed by atoms with van der Waals surface area (Å²) in [5, 5.41) is 0. The van der Waals surface area contributed by atoms with Crippen molar-refractivity contribution >= 4 is 5.69 Å². The first-order valence-electron chi connectivity index (χ1n) is 5.46. The minimum Gasteiger partial charge on any atom is -0.491 e. The first-order valence-corrected chi connectivity index (χ1v) is 5.46. The molecule has 1 atom stereocenters. The Morgan fingerprint density at radius 3 is 2.56 bits per heavy atom. The Morgan fingerprint density at radius 1 is 1.31 bits per heavy atom. The molecular formula is C12H18FNO2. The van der Waals surface area contributed by atoms with Crippen LogP contribution in [0.15, 0.2) is 12.1 Å². The summed E-state index contributed by atoms with van der Waals surface area (Å²) in [7, 11) is 0. The van der Waals surface area contributed by atoms with Crippen molar-refractivity contribution in [2.24, 2.45) is 0 Å². The molecule has 16 heavy (non-hydrogen) atoms. The number of rotatable bonds is 5. The molecule has 0 aliphatic heterocycles. The number of anilines is 1. The summed E-state index contributed by atoms with van der Waals surface area (Å²) in [5.74, 6) is 0.185. The van der Waals surface area contributed by atoms with Gasteiger partial charge in [-0.05, 0) is 20.3 Å². The Morgan fingerprint density at radius 2 is 2.00 bits per heavy atom. The highest BCUT2D eigenvalue weighted by atomic mass is 19.1. The third-order valence-electron chi connectivity index (χ3n) is 2.27. The minimum atomic E-state index is -0.462. The molecule has 2 N–H and O–H groups in total. The molecule has 1 unspecified atom stereocenters. The van der Waals surface area contributed by atoms with Crippen LogP contribution in [0, 0.1) is 5.82 Å². The number of nitrogen functional groups attached to an aromatic ring is 1. The van der Waals surface area contributed by atoms with Crippen molar-refractivity contribution in [1.29, 1.82) is 0 Å². The van der Waals surface area contributed by atoms with Crippen molar-refractivity contribution in [3.63, 3.8) is 0 Å². The van der Waals surface area contributed by atoms with Gasteiger partial charge in [-0.3, -0.25) is 0 Å². The van der Waals surface area contributed by atoms with Gasteiger partial charge in [-0.2, -0.15) is 0 Å². The lowest BCUT2D eigenvalue weighted by Gasteiger charge is -2.16. The second kappa shape index (κ2) is 5.58. The Hall–Kier alpha value is -1.45. The highest BCUT2D eigenvalue weighted by Crippen LogP contribution is 2.31. The van der Waals surface area contributed by atoms with Gasteiger partial charge in [0, 0.05) is 12.1 Å². The van der Waals surface area contributed by atoms with Crippen LogP contribution < -0.4 is 15.2 Å². The summed E-state index contributed by atoms with van der Waals surface area (Å²) in [5.41, 5.74) is 5.96. The van der Waals surface area contributed by atoms with E-state index in [1.807, 2.05) is 13.8 Å². The highest BCUT2D eigenvalue weighted by Gasteiger charge is 2.11. The predicted octanol–water partition coefficient (Wildman–Crippen LogP) is 2.98. The number of hydrogen-bond acceptors (Lipinski definition) is 3. The fraction of sp³-hybridized carbons (Fsp3) is 0.500. The molecule has 0 aliphatic carbocycles. The van der Waals surface area contributed by atoms with Crippen LogP contribution in [-0.4, -0.2) is 12.7 Å². The van der Waals surface area contributed by atoms with Gasteiger partial charge in [0.2, 0.25) is 0 Å². The van der Waals surface area contributed by atoms with Gasteiger partial charge in [-0.1, -0.05) is 6.92 Å². The third kappa shape index (κ3) is 3.02. The zero-order chi connectivity index (χ0) is 12.1. The summed E-state index contributed by atoms with van der Waals surface area (Å²) < 4.78 is 24.1. The van der Waals surface area contributed by atoms with Crippen molar-refractivity contribution in [3.8, 4) is 11.5 Å². The van der Waals surface area contributed by atoms with Gasteiger partial charge in [-0.15, -0.1) is 0 Å². The Kier molecular flexibility index (Phi) is 4.40. The van der Waals surface area contributed by atoms with E-state index in [9.17, 15) is 4.39 Å². The van der Waals surface area contributed by atoms with Crippen LogP contribution in [0.2, 0.25) is 0 Å². The Balaban J connectivity index is 2.95. The SMILES string of the molecule is CCOc1cc(OC(C)CC)c(N)cc1F. The summed E-state index contributed by atoms with van der Waals surface area (Å²) in [4.78, 5) is 0. The van der Waals surface area contributed by atoms with Gasteiger partial charge in [0.15, 0.2) is 11.6 Å². The van der Waals surface area contributed by atoms with Crippen LogP contribution >= 0.6 is 0 Å². The molecule has 0 saturated heterocycles. The van der Waals surface area contributed by atoms with Crippen molar-refractivity contribution in [2.45, 2.75) is 33.3 Å². The van der Waals surface area contributed by atoms with E-state index in [2.05, 4.69) is 0 Å². The molecule has 1 aromatic carbocycles. The molecule has 0 amide bonds. The number of benzene rings is 1.